The lowest BCUT2D eigenvalue weighted by Crippen LogP contribution is -2.09. The second-order valence-corrected chi connectivity index (χ2v) is 4.78. The minimum atomic E-state index is -0.784. The van der Waals surface area contributed by atoms with Crippen molar-refractivity contribution < 1.29 is 28.7 Å². The molecule has 0 aromatic heterocycles. The first-order chi connectivity index (χ1) is 11.1. The summed E-state index contributed by atoms with van der Waals surface area (Å²) in [7, 11) is 1.20. The SMILES string of the molecule is COC(=O)c1c(C=O)cccc1-c1cccc2c1C(=O)OC2=O. The molecule has 6 nitrogen and oxygen atoms in total. The summed E-state index contributed by atoms with van der Waals surface area (Å²) in [6, 6.07) is 9.23. The van der Waals surface area contributed by atoms with E-state index in [1.54, 1.807) is 24.3 Å². The molecule has 0 spiro atoms. The molecule has 0 aliphatic carbocycles. The van der Waals surface area contributed by atoms with Crippen molar-refractivity contribution in [2.45, 2.75) is 0 Å². The van der Waals surface area contributed by atoms with E-state index in [9.17, 15) is 19.2 Å². The summed E-state index contributed by atoms with van der Waals surface area (Å²) in [6.45, 7) is 0. The number of aldehydes is 1. The van der Waals surface area contributed by atoms with Crippen molar-refractivity contribution >= 4 is 24.2 Å². The maximum atomic E-state index is 12.1. The normalized spacial score (nSPS) is 12.6. The van der Waals surface area contributed by atoms with E-state index in [0.29, 0.717) is 17.4 Å². The molecule has 0 radical (unpaired) electrons. The minimum Gasteiger partial charge on any atom is -0.465 e. The molecule has 0 N–H and O–H groups in total. The number of cyclic esters (lactones) is 2. The second kappa shape index (κ2) is 5.49. The number of hydrogen-bond acceptors (Lipinski definition) is 6. The van der Waals surface area contributed by atoms with Crippen LogP contribution >= 0.6 is 0 Å². The minimum absolute atomic E-state index is 0.0329. The molecule has 1 aliphatic heterocycles. The van der Waals surface area contributed by atoms with E-state index in [1.165, 1.54) is 19.2 Å². The summed E-state index contributed by atoms with van der Waals surface area (Å²) < 4.78 is 9.34. The van der Waals surface area contributed by atoms with Gasteiger partial charge in [0.05, 0.1) is 23.8 Å². The van der Waals surface area contributed by atoms with Gasteiger partial charge in [0.15, 0.2) is 6.29 Å². The van der Waals surface area contributed by atoms with Gasteiger partial charge in [-0.25, -0.2) is 14.4 Å². The average molecular weight is 310 g/mol. The Morgan fingerprint density at radius 3 is 2.35 bits per heavy atom. The Morgan fingerprint density at radius 1 is 1.00 bits per heavy atom. The van der Waals surface area contributed by atoms with Crippen LogP contribution < -0.4 is 0 Å². The highest BCUT2D eigenvalue weighted by molar-refractivity contribution is 6.19. The fourth-order valence-electron chi connectivity index (χ4n) is 2.58. The summed E-state index contributed by atoms with van der Waals surface area (Å²) >= 11 is 0. The van der Waals surface area contributed by atoms with Crippen LogP contribution in [0.5, 0.6) is 0 Å². The Bertz CT molecular complexity index is 865. The van der Waals surface area contributed by atoms with Crippen molar-refractivity contribution in [1.29, 1.82) is 0 Å². The molecule has 0 saturated carbocycles. The molecule has 0 amide bonds. The summed E-state index contributed by atoms with van der Waals surface area (Å²) in [5, 5.41) is 0. The third kappa shape index (κ3) is 2.20. The summed E-state index contributed by atoms with van der Waals surface area (Å²) in [5.74, 6) is -2.23. The number of rotatable bonds is 3. The maximum Gasteiger partial charge on any atom is 0.347 e. The van der Waals surface area contributed by atoms with Gasteiger partial charge in [0.1, 0.15) is 0 Å². The van der Waals surface area contributed by atoms with Crippen LogP contribution in [0.25, 0.3) is 11.1 Å². The highest BCUT2D eigenvalue weighted by atomic mass is 16.6. The van der Waals surface area contributed by atoms with Crippen molar-refractivity contribution in [1.82, 2.24) is 0 Å². The molecule has 3 rings (SSSR count). The Morgan fingerprint density at radius 2 is 1.65 bits per heavy atom. The zero-order chi connectivity index (χ0) is 16.6. The van der Waals surface area contributed by atoms with Crippen LogP contribution in [0, 0.1) is 0 Å². The lowest BCUT2D eigenvalue weighted by atomic mass is 9.91. The number of esters is 3. The van der Waals surface area contributed by atoms with Crippen molar-refractivity contribution in [3.63, 3.8) is 0 Å². The van der Waals surface area contributed by atoms with E-state index in [0.717, 1.165) is 0 Å². The molecule has 0 atom stereocenters. The highest BCUT2D eigenvalue weighted by Crippen LogP contribution is 2.34. The van der Waals surface area contributed by atoms with Gasteiger partial charge >= 0.3 is 17.9 Å². The number of ether oxygens (including phenoxy) is 2. The summed E-state index contributed by atoms with van der Waals surface area (Å²) in [6.07, 6.45) is 0.530. The van der Waals surface area contributed by atoms with E-state index in [-0.39, 0.29) is 22.3 Å². The van der Waals surface area contributed by atoms with E-state index < -0.39 is 17.9 Å². The van der Waals surface area contributed by atoms with Crippen LogP contribution in [0.2, 0.25) is 0 Å². The van der Waals surface area contributed by atoms with Crippen LogP contribution in [-0.2, 0) is 9.47 Å². The molecule has 1 aliphatic rings. The van der Waals surface area contributed by atoms with Crippen LogP contribution in [0.15, 0.2) is 36.4 Å². The van der Waals surface area contributed by atoms with Gasteiger partial charge in [0, 0.05) is 5.56 Å². The smallest absolute Gasteiger partial charge is 0.347 e. The molecule has 2 aromatic rings. The van der Waals surface area contributed by atoms with E-state index in [1.807, 2.05) is 0 Å². The zero-order valence-corrected chi connectivity index (χ0v) is 12.0. The lowest BCUT2D eigenvalue weighted by molar-refractivity contribution is 0.0442. The van der Waals surface area contributed by atoms with Crippen LogP contribution in [-0.4, -0.2) is 31.3 Å². The number of fused-ring (bicyclic) bond motifs is 1. The molecule has 0 unspecified atom stereocenters. The number of methoxy groups -OCH3 is 1. The number of hydrogen-bond donors (Lipinski definition) is 0. The molecule has 23 heavy (non-hydrogen) atoms. The Labute approximate surface area is 130 Å². The Hall–Kier alpha value is -3.28. The molecule has 6 heteroatoms. The first-order valence-electron chi connectivity index (χ1n) is 6.65. The van der Waals surface area contributed by atoms with Crippen molar-refractivity contribution in [2.75, 3.05) is 7.11 Å². The largest absolute Gasteiger partial charge is 0.465 e. The first kappa shape index (κ1) is 14.6. The van der Waals surface area contributed by atoms with Crippen molar-refractivity contribution in [3.8, 4) is 11.1 Å². The number of carbonyl (C=O) groups is 4. The first-order valence-corrected chi connectivity index (χ1v) is 6.65. The van der Waals surface area contributed by atoms with Gasteiger partial charge in [0.2, 0.25) is 0 Å². The topological polar surface area (TPSA) is 86.7 Å². The molecule has 114 valence electrons. The standard InChI is InChI=1S/C17H10O6/c1-22-16(20)13-9(8-18)4-2-5-10(13)11-6-3-7-12-14(11)17(21)23-15(12)19/h2-8H,1H3. The third-order valence-electron chi connectivity index (χ3n) is 3.58. The fourth-order valence-corrected chi connectivity index (χ4v) is 2.58. The molecule has 0 fully saturated rings. The van der Waals surface area contributed by atoms with Crippen LogP contribution in [0.1, 0.15) is 41.4 Å². The quantitative estimate of drug-likeness (QED) is 0.491. The van der Waals surface area contributed by atoms with Crippen LogP contribution in [0.3, 0.4) is 0 Å². The lowest BCUT2D eigenvalue weighted by Gasteiger charge is -2.12. The maximum absolute atomic E-state index is 12.1. The van der Waals surface area contributed by atoms with E-state index in [2.05, 4.69) is 4.74 Å². The van der Waals surface area contributed by atoms with Gasteiger partial charge in [-0.3, -0.25) is 4.79 Å². The fraction of sp³-hybridized carbons (Fsp3) is 0.0588. The molecular weight excluding hydrogens is 300 g/mol. The Balaban J connectivity index is 2.34. The molecule has 0 saturated heterocycles. The number of benzene rings is 2. The average Bonchev–Trinajstić information content (AvgIpc) is 2.88. The van der Waals surface area contributed by atoms with Gasteiger partial charge in [0.25, 0.3) is 0 Å². The van der Waals surface area contributed by atoms with Crippen molar-refractivity contribution in [3.05, 3.63) is 58.7 Å². The second-order valence-electron chi connectivity index (χ2n) is 4.78. The zero-order valence-electron chi connectivity index (χ0n) is 12.0. The van der Waals surface area contributed by atoms with E-state index >= 15 is 0 Å². The van der Waals surface area contributed by atoms with Crippen molar-refractivity contribution in [2.24, 2.45) is 0 Å². The summed E-state index contributed by atoms with van der Waals surface area (Å²) in [5.41, 5.74) is 1.02. The monoisotopic (exact) mass is 310 g/mol. The highest BCUT2D eigenvalue weighted by Gasteiger charge is 2.33. The molecular formula is C17H10O6. The Kier molecular flexibility index (Phi) is 3.50. The van der Waals surface area contributed by atoms with E-state index in [4.69, 9.17) is 4.74 Å². The molecule has 0 bridgehead atoms. The third-order valence-corrected chi connectivity index (χ3v) is 3.58. The predicted octanol–water partition coefficient (Wildman–Crippen LogP) is 2.26. The van der Waals surface area contributed by atoms with Gasteiger partial charge in [-0.2, -0.15) is 0 Å². The van der Waals surface area contributed by atoms with Gasteiger partial charge < -0.3 is 9.47 Å². The summed E-state index contributed by atoms with van der Waals surface area (Å²) in [4.78, 5) is 46.9. The van der Waals surface area contributed by atoms with Gasteiger partial charge in [-0.15, -0.1) is 0 Å². The van der Waals surface area contributed by atoms with Gasteiger partial charge in [-0.1, -0.05) is 30.3 Å². The number of carbonyl (C=O) groups excluding carboxylic acids is 4. The van der Waals surface area contributed by atoms with Crippen LogP contribution in [0.4, 0.5) is 0 Å². The van der Waals surface area contributed by atoms with Gasteiger partial charge in [-0.05, 0) is 17.2 Å². The molecule has 1 heterocycles. The molecule has 2 aromatic carbocycles. The predicted molar refractivity (Wildman–Crippen MR) is 78.4 cm³/mol.